The summed E-state index contributed by atoms with van der Waals surface area (Å²) in [5.41, 5.74) is -0.113. The molecule has 13 heteroatoms. The lowest BCUT2D eigenvalue weighted by molar-refractivity contribution is -0.388. The molecule has 0 heterocycles. The number of nitrogens with zero attached hydrogens (tertiary/aromatic N) is 1. The molecule has 0 amide bonds. The third-order valence-corrected chi connectivity index (χ3v) is 4.93. The summed E-state index contributed by atoms with van der Waals surface area (Å²) < 4.78 is 38.6. The summed E-state index contributed by atoms with van der Waals surface area (Å²) >= 11 is 0. The molecule has 138 valence electrons. The predicted molar refractivity (Wildman–Crippen MR) is 78.9 cm³/mol. The maximum Gasteiger partial charge on any atom is 0.423 e. The predicted octanol–water partition coefficient (Wildman–Crippen LogP) is 1.39. The summed E-state index contributed by atoms with van der Waals surface area (Å²) in [5.74, 6) is -1.46. The summed E-state index contributed by atoms with van der Waals surface area (Å²) in [4.78, 5) is 51.5. The molecule has 25 heavy (non-hydrogen) atoms. The molecule has 1 aromatic carbocycles. The third kappa shape index (κ3) is 5.16. The Hall–Kier alpha value is -2.14. The van der Waals surface area contributed by atoms with Crippen LogP contribution in [0.15, 0.2) is 18.2 Å². The van der Waals surface area contributed by atoms with Gasteiger partial charge in [-0.1, -0.05) is 0 Å². The molecule has 1 aromatic rings. The largest absolute Gasteiger partial charge is 0.480 e. The Morgan fingerprint density at radius 3 is 2.32 bits per heavy atom. The minimum Gasteiger partial charge on any atom is -0.480 e. The van der Waals surface area contributed by atoms with Gasteiger partial charge < -0.3 is 10.8 Å². The van der Waals surface area contributed by atoms with Crippen molar-refractivity contribution in [1.29, 1.82) is 0 Å². The summed E-state index contributed by atoms with van der Waals surface area (Å²) in [6.07, 6.45) is -6.39. The number of nitro groups is 1. The van der Waals surface area contributed by atoms with Gasteiger partial charge in [-0.15, -0.1) is 0 Å². The van der Waals surface area contributed by atoms with Crippen molar-refractivity contribution >= 4 is 24.9 Å². The molecular formula is C12H13F3N2O7P+. The van der Waals surface area contributed by atoms with E-state index < -0.39 is 65.7 Å². The molecule has 0 saturated carbocycles. The van der Waals surface area contributed by atoms with Crippen molar-refractivity contribution in [1.82, 2.24) is 0 Å². The van der Waals surface area contributed by atoms with E-state index in [1.165, 1.54) is 0 Å². The Kier molecular flexibility index (Phi) is 6.19. The SMILES string of the molecule is N[C@@H](CC[P+](O)(O)C(=O)c1ccc([N+](=O)[O-])c(C(F)(F)F)c1)C(=O)O. The van der Waals surface area contributed by atoms with E-state index in [9.17, 15) is 42.7 Å². The molecule has 1 rings (SSSR count). The minimum atomic E-state index is -5.14. The Balaban J connectivity index is 3.16. The maximum atomic E-state index is 12.9. The van der Waals surface area contributed by atoms with Crippen LogP contribution in [-0.4, -0.2) is 43.5 Å². The van der Waals surface area contributed by atoms with Crippen LogP contribution in [-0.2, 0) is 11.0 Å². The summed E-state index contributed by atoms with van der Waals surface area (Å²) in [6, 6.07) is -0.250. The zero-order valence-electron chi connectivity index (χ0n) is 12.3. The molecule has 1 atom stereocenters. The Bertz CT molecular complexity index is 708. The molecule has 0 aliphatic rings. The minimum absolute atomic E-state index is 0.152. The summed E-state index contributed by atoms with van der Waals surface area (Å²) in [7, 11) is -4.48. The number of aliphatic carboxylic acids is 1. The van der Waals surface area contributed by atoms with Crippen molar-refractivity contribution in [3.05, 3.63) is 39.4 Å². The summed E-state index contributed by atoms with van der Waals surface area (Å²) in [6.45, 7) is 0. The van der Waals surface area contributed by atoms with Crippen LogP contribution in [0, 0.1) is 10.1 Å². The van der Waals surface area contributed by atoms with Crippen molar-refractivity contribution in [2.75, 3.05) is 6.16 Å². The van der Waals surface area contributed by atoms with Gasteiger partial charge >= 0.3 is 25.4 Å². The van der Waals surface area contributed by atoms with Gasteiger partial charge in [-0.2, -0.15) is 13.2 Å². The highest BCUT2D eigenvalue weighted by Crippen LogP contribution is 2.54. The van der Waals surface area contributed by atoms with Gasteiger partial charge in [0.1, 0.15) is 17.8 Å². The fourth-order valence-electron chi connectivity index (χ4n) is 1.81. The first-order chi connectivity index (χ1) is 11.3. The first kappa shape index (κ1) is 20.9. The van der Waals surface area contributed by atoms with Gasteiger partial charge in [-0.3, -0.25) is 14.9 Å². The molecule has 9 nitrogen and oxygen atoms in total. The van der Waals surface area contributed by atoms with Crippen LogP contribution in [0.4, 0.5) is 18.9 Å². The van der Waals surface area contributed by atoms with E-state index in [1.54, 1.807) is 0 Å². The van der Waals surface area contributed by atoms with Gasteiger partial charge in [-0.05, 0) is 12.1 Å². The van der Waals surface area contributed by atoms with Gasteiger partial charge in [0.25, 0.3) is 5.69 Å². The van der Waals surface area contributed by atoms with E-state index in [-0.39, 0.29) is 6.07 Å². The Morgan fingerprint density at radius 1 is 1.32 bits per heavy atom. The average molecular weight is 385 g/mol. The van der Waals surface area contributed by atoms with Gasteiger partial charge in [-0.25, -0.2) is 14.6 Å². The number of hydrogen-bond donors (Lipinski definition) is 4. The molecule has 5 N–H and O–H groups in total. The molecule has 0 aliphatic carbocycles. The van der Waals surface area contributed by atoms with Gasteiger partial charge in [0.2, 0.25) is 0 Å². The van der Waals surface area contributed by atoms with Crippen molar-refractivity contribution < 1.29 is 42.6 Å². The number of carboxylic acids is 1. The zero-order chi connectivity index (χ0) is 19.6. The number of nitrogens with two attached hydrogens (primary N) is 1. The quantitative estimate of drug-likeness (QED) is 0.311. The number of rotatable bonds is 7. The van der Waals surface area contributed by atoms with Gasteiger partial charge in [0, 0.05) is 12.5 Å². The Morgan fingerprint density at radius 2 is 1.88 bits per heavy atom. The van der Waals surface area contributed by atoms with Crippen LogP contribution in [0.2, 0.25) is 0 Å². The highest BCUT2D eigenvalue weighted by atomic mass is 31.2. The van der Waals surface area contributed by atoms with E-state index in [1.807, 2.05) is 0 Å². The highest BCUT2D eigenvalue weighted by Gasteiger charge is 2.47. The Labute approximate surface area is 138 Å². The van der Waals surface area contributed by atoms with Gasteiger partial charge in [0.05, 0.1) is 10.5 Å². The zero-order valence-corrected chi connectivity index (χ0v) is 13.2. The van der Waals surface area contributed by atoms with E-state index in [4.69, 9.17) is 10.8 Å². The fraction of sp³-hybridized carbons (Fsp3) is 0.333. The summed E-state index contributed by atoms with van der Waals surface area (Å²) in [5, 5.41) is 19.2. The van der Waals surface area contributed by atoms with Crippen LogP contribution in [0.5, 0.6) is 0 Å². The topological polar surface area (TPSA) is 164 Å². The molecular weight excluding hydrogens is 372 g/mol. The van der Waals surface area contributed by atoms with Crippen LogP contribution >= 0.6 is 7.72 Å². The maximum absolute atomic E-state index is 12.9. The third-order valence-electron chi connectivity index (χ3n) is 3.14. The van der Waals surface area contributed by atoms with Crippen LogP contribution in [0.3, 0.4) is 0 Å². The molecule has 0 saturated heterocycles. The number of carbonyl (C=O) groups excluding carboxylic acids is 1. The van der Waals surface area contributed by atoms with Crippen LogP contribution in [0.1, 0.15) is 22.3 Å². The molecule has 0 aliphatic heterocycles. The normalized spacial score (nSPS) is 13.4. The molecule has 0 spiro atoms. The van der Waals surface area contributed by atoms with Crippen molar-refractivity contribution in [3.63, 3.8) is 0 Å². The molecule has 0 unspecified atom stereocenters. The van der Waals surface area contributed by atoms with Crippen molar-refractivity contribution in [3.8, 4) is 0 Å². The number of carbonyl (C=O) groups is 2. The van der Waals surface area contributed by atoms with E-state index in [0.29, 0.717) is 12.1 Å². The van der Waals surface area contributed by atoms with E-state index in [2.05, 4.69) is 0 Å². The molecule has 0 bridgehead atoms. The second kappa shape index (κ2) is 7.40. The second-order valence-electron chi connectivity index (χ2n) is 4.98. The van der Waals surface area contributed by atoms with Crippen LogP contribution < -0.4 is 5.73 Å². The monoisotopic (exact) mass is 385 g/mol. The van der Waals surface area contributed by atoms with Crippen molar-refractivity contribution in [2.45, 2.75) is 18.6 Å². The van der Waals surface area contributed by atoms with Gasteiger partial charge in [0.15, 0.2) is 0 Å². The lowest BCUT2D eigenvalue weighted by atomic mass is 10.1. The average Bonchev–Trinajstić information content (AvgIpc) is 2.50. The number of hydrogen-bond acceptors (Lipinski definition) is 7. The highest BCUT2D eigenvalue weighted by molar-refractivity contribution is 7.81. The smallest absolute Gasteiger partial charge is 0.423 e. The number of carboxylic acid groups (broad SMARTS) is 1. The van der Waals surface area contributed by atoms with Crippen LogP contribution in [0.25, 0.3) is 0 Å². The van der Waals surface area contributed by atoms with Crippen molar-refractivity contribution in [2.24, 2.45) is 5.73 Å². The van der Waals surface area contributed by atoms with E-state index in [0.717, 1.165) is 0 Å². The first-order valence-electron chi connectivity index (χ1n) is 6.50. The number of benzene rings is 1. The lowest BCUT2D eigenvalue weighted by Crippen LogP contribution is -2.31. The number of halogens is 3. The first-order valence-corrected chi connectivity index (χ1v) is 8.38. The lowest BCUT2D eigenvalue weighted by Gasteiger charge is -2.13. The fourth-order valence-corrected chi connectivity index (χ4v) is 3.20. The second-order valence-corrected chi connectivity index (χ2v) is 7.29. The number of alkyl halides is 3. The number of nitro benzene ring substituents is 1. The molecule has 0 aromatic heterocycles. The van der Waals surface area contributed by atoms with E-state index >= 15 is 0 Å². The molecule has 0 radical (unpaired) electrons. The standard InChI is InChI=1S/C12H12F3N2O7P/c13-12(14,15)7-5-6(1-2-9(7)17(21)22)11(20)25(23,24)4-3-8(16)10(18)19/h1-2,5,8,23-24H,3-4,16H2/p+1/t8-/m0/s1. The molecule has 0 fully saturated rings.